The van der Waals surface area contributed by atoms with Crippen molar-refractivity contribution < 1.29 is 4.79 Å². The number of amides is 1. The van der Waals surface area contributed by atoms with Gasteiger partial charge in [0, 0.05) is 22.8 Å². The lowest BCUT2D eigenvalue weighted by molar-refractivity contribution is -0.116. The van der Waals surface area contributed by atoms with Crippen LogP contribution in [0.15, 0.2) is 45.4 Å². The molecule has 2 aromatic heterocycles. The maximum Gasteiger partial charge on any atom is 0.224 e. The molecule has 0 atom stereocenters. The lowest BCUT2D eigenvalue weighted by atomic mass is 10.3. The van der Waals surface area contributed by atoms with E-state index in [1.165, 1.54) is 0 Å². The predicted octanol–water partition coefficient (Wildman–Crippen LogP) is 6.00. The van der Waals surface area contributed by atoms with Gasteiger partial charge in [0.25, 0.3) is 0 Å². The Balaban J connectivity index is 1.56. The minimum atomic E-state index is 0.0387. The van der Waals surface area contributed by atoms with E-state index in [0.717, 1.165) is 61.2 Å². The van der Waals surface area contributed by atoms with Crippen molar-refractivity contribution in [2.75, 3.05) is 22.6 Å². The van der Waals surface area contributed by atoms with Crippen molar-refractivity contribution in [2.45, 2.75) is 48.7 Å². The Morgan fingerprint density at radius 1 is 1.10 bits per heavy atom. The van der Waals surface area contributed by atoms with Crippen LogP contribution < -0.4 is 5.32 Å². The summed E-state index contributed by atoms with van der Waals surface area (Å²) in [7, 11) is 0. The Kier molecular flexibility index (Phi) is 8.32. The number of carbonyl (C=O) groups excluding carboxylic acids is 1. The Morgan fingerprint density at radius 2 is 1.90 bits per heavy atom. The first-order valence-electron chi connectivity index (χ1n) is 9.75. The van der Waals surface area contributed by atoms with E-state index in [9.17, 15) is 4.79 Å². The molecule has 29 heavy (non-hydrogen) atoms. The van der Waals surface area contributed by atoms with Gasteiger partial charge in [-0.1, -0.05) is 37.7 Å². The first kappa shape index (κ1) is 22.1. The third-order valence-electron chi connectivity index (χ3n) is 4.08. The molecule has 154 valence electrons. The van der Waals surface area contributed by atoms with Crippen LogP contribution in [0.4, 0.5) is 5.69 Å². The highest BCUT2D eigenvalue weighted by Crippen LogP contribution is 2.35. The van der Waals surface area contributed by atoms with E-state index in [-0.39, 0.29) is 5.91 Å². The fourth-order valence-electron chi connectivity index (χ4n) is 2.84. The predicted molar refractivity (Wildman–Crippen MR) is 126 cm³/mol. The summed E-state index contributed by atoms with van der Waals surface area (Å²) < 4.78 is 0. The number of para-hydroxylation sites is 2. The molecular formula is C21H26N4OS3. The van der Waals surface area contributed by atoms with Crippen LogP contribution in [0.1, 0.15) is 32.4 Å². The molecule has 0 aliphatic rings. The van der Waals surface area contributed by atoms with Gasteiger partial charge in [0.1, 0.15) is 5.03 Å². The summed E-state index contributed by atoms with van der Waals surface area (Å²) in [5.74, 6) is 2.75. The number of pyridine rings is 1. The molecule has 0 saturated heterocycles. The standard InChI is InChI=1S/C21H26N4OS3/c1-4-27-17-13-14(3)22-20(28-5-2)19(17)25-18(26)11-8-12-29-21-23-15-9-6-7-10-16(15)24-21/h6-7,9-10,13H,4-5,8,11-12H2,1-3H3,(H,23,24)(H,25,26). The van der Waals surface area contributed by atoms with Gasteiger partial charge < -0.3 is 10.3 Å². The van der Waals surface area contributed by atoms with Gasteiger partial charge >= 0.3 is 0 Å². The number of H-pyrrole nitrogens is 1. The van der Waals surface area contributed by atoms with Crippen LogP contribution in [0.25, 0.3) is 11.0 Å². The number of hydrogen-bond acceptors (Lipinski definition) is 6. The first-order chi connectivity index (χ1) is 14.1. The summed E-state index contributed by atoms with van der Waals surface area (Å²) in [6.45, 7) is 6.22. The Hall–Kier alpha value is -1.64. The van der Waals surface area contributed by atoms with E-state index in [1.54, 1.807) is 35.3 Å². The van der Waals surface area contributed by atoms with Crippen molar-refractivity contribution in [1.29, 1.82) is 0 Å². The number of aromatic nitrogens is 3. The summed E-state index contributed by atoms with van der Waals surface area (Å²) in [5.41, 5.74) is 3.87. The molecule has 5 nitrogen and oxygen atoms in total. The molecule has 1 aromatic carbocycles. The lowest BCUT2D eigenvalue weighted by Crippen LogP contribution is -2.14. The smallest absolute Gasteiger partial charge is 0.224 e. The van der Waals surface area contributed by atoms with Crippen molar-refractivity contribution in [2.24, 2.45) is 0 Å². The van der Waals surface area contributed by atoms with Crippen molar-refractivity contribution in [3.63, 3.8) is 0 Å². The van der Waals surface area contributed by atoms with E-state index >= 15 is 0 Å². The quantitative estimate of drug-likeness (QED) is 0.294. The number of imidazole rings is 1. The number of aromatic amines is 1. The maximum absolute atomic E-state index is 12.6. The summed E-state index contributed by atoms with van der Waals surface area (Å²) in [6, 6.07) is 10.1. The molecule has 1 amide bonds. The molecule has 0 saturated carbocycles. The highest BCUT2D eigenvalue weighted by molar-refractivity contribution is 8.00. The van der Waals surface area contributed by atoms with Crippen LogP contribution in [0.2, 0.25) is 0 Å². The average molecular weight is 447 g/mol. The number of rotatable bonds is 10. The Labute approximate surface area is 184 Å². The zero-order chi connectivity index (χ0) is 20.6. The molecule has 0 fully saturated rings. The van der Waals surface area contributed by atoms with E-state index in [1.807, 2.05) is 31.2 Å². The molecule has 0 aliphatic heterocycles. The van der Waals surface area contributed by atoms with Gasteiger partial charge in [-0.15, -0.1) is 23.5 Å². The molecule has 0 unspecified atom stereocenters. The van der Waals surface area contributed by atoms with Crippen molar-refractivity contribution in [3.05, 3.63) is 36.0 Å². The third kappa shape index (κ3) is 6.17. The van der Waals surface area contributed by atoms with Crippen LogP contribution in [-0.4, -0.2) is 38.1 Å². The number of carbonyl (C=O) groups is 1. The molecule has 2 heterocycles. The fraction of sp³-hybridized carbons (Fsp3) is 0.381. The zero-order valence-corrected chi connectivity index (χ0v) is 19.4. The number of nitrogens with one attached hydrogen (secondary N) is 2. The van der Waals surface area contributed by atoms with Gasteiger partial charge in [-0.2, -0.15) is 0 Å². The third-order valence-corrected chi connectivity index (χ3v) is 6.82. The molecule has 3 aromatic rings. The van der Waals surface area contributed by atoms with Gasteiger partial charge in [-0.25, -0.2) is 9.97 Å². The molecule has 3 rings (SSSR count). The molecule has 0 aliphatic carbocycles. The number of fused-ring (bicyclic) bond motifs is 1. The second-order valence-corrected chi connectivity index (χ2v) is 10.0. The van der Waals surface area contributed by atoms with E-state index < -0.39 is 0 Å². The van der Waals surface area contributed by atoms with Crippen LogP contribution in [-0.2, 0) is 4.79 Å². The molecule has 0 radical (unpaired) electrons. The molecule has 2 N–H and O–H groups in total. The summed E-state index contributed by atoms with van der Waals surface area (Å²) in [4.78, 5) is 26.2. The molecular weight excluding hydrogens is 420 g/mol. The van der Waals surface area contributed by atoms with E-state index in [2.05, 4.69) is 40.2 Å². The number of benzene rings is 1. The highest BCUT2D eigenvalue weighted by Gasteiger charge is 2.15. The normalized spacial score (nSPS) is 11.1. The van der Waals surface area contributed by atoms with E-state index in [0.29, 0.717) is 6.42 Å². The zero-order valence-electron chi connectivity index (χ0n) is 16.9. The molecule has 0 spiro atoms. The van der Waals surface area contributed by atoms with Crippen molar-refractivity contribution in [3.8, 4) is 0 Å². The number of nitrogens with zero attached hydrogens (tertiary/aromatic N) is 2. The minimum Gasteiger partial charge on any atom is -0.333 e. The fourth-order valence-corrected chi connectivity index (χ4v) is 5.38. The Morgan fingerprint density at radius 3 is 2.66 bits per heavy atom. The van der Waals surface area contributed by atoms with Gasteiger partial charge in [-0.05, 0) is 43.0 Å². The first-order valence-corrected chi connectivity index (χ1v) is 12.7. The summed E-state index contributed by atoms with van der Waals surface area (Å²) >= 11 is 5.06. The van der Waals surface area contributed by atoms with Gasteiger partial charge in [0.2, 0.25) is 5.91 Å². The van der Waals surface area contributed by atoms with Gasteiger partial charge in [-0.3, -0.25) is 4.79 Å². The van der Waals surface area contributed by atoms with Crippen LogP contribution >= 0.6 is 35.3 Å². The number of aryl methyl sites for hydroxylation is 1. The Bertz CT molecular complexity index is 913. The average Bonchev–Trinajstić information content (AvgIpc) is 3.11. The second-order valence-electron chi connectivity index (χ2n) is 6.37. The van der Waals surface area contributed by atoms with Gasteiger partial charge in [0.15, 0.2) is 5.16 Å². The second kappa shape index (κ2) is 10.9. The van der Waals surface area contributed by atoms with Crippen LogP contribution in [0.3, 0.4) is 0 Å². The van der Waals surface area contributed by atoms with Gasteiger partial charge in [0.05, 0.1) is 16.7 Å². The van der Waals surface area contributed by atoms with Crippen LogP contribution in [0, 0.1) is 6.92 Å². The largest absolute Gasteiger partial charge is 0.333 e. The summed E-state index contributed by atoms with van der Waals surface area (Å²) in [5, 5.41) is 4.93. The van der Waals surface area contributed by atoms with Crippen molar-refractivity contribution in [1.82, 2.24) is 15.0 Å². The van der Waals surface area contributed by atoms with Crippen LogP contribution in [0.5, 0.6) is 0 Å². The molecule has 0 bridgehead atoms. The summed E-state index contributed by atoms with van der Waals surface area (Å²) in [6.07, 6.45) is 1.27. The van der Waals surface area contributed by atoms with Crippen molar-refractivity contribution >= 4 is 57.9 Å². The number of hydrogen-bond donors (Lipinski definition) is 2. The lowest BCUT2D eigenvalue weighted by Gasteiger charge is -2.15. The monoisotopic (exact) mass is 446 g/mol. The maximum atomic E-state index is 12.6. The number of anilines is 1. The molecule has 8 heteroatoms. The minimum absolute atomic E-state index is 0.0387. The van der Waals surface area contributed by atoms with E-state index in [4.69, 9.17) is 0 Å². The SMILES string of the molecule is CCSc1cc(C)nc(SCC)c1NC(=O)CCCSc1nc2ccccc2[nH]1. The number of thioether (sulfide) groups is 3. The topological polar surface area (TPSA) is 70.7 Å². The highest BCUT2D eigenvalue weighted by atomic mass is 32.2.